The van der Waals surface area contributed by atoms with Crippen molar-refractivity contribution in [1.29, 1.82) is 0 Å². The summed E-state index contributed by atoms with van der Waals surface area (Å²) in [6.45, 7) is 6.01. The molecule has 0 spiro atoms. The topological polar surface area (TPSA) is 68.5 Å². The van der Waals surface area contributed by atoms with Crippen LogP contribution in [0, 0.1) is 5.92 Å². The predicted octanol–water partition coefficient (Wildman–Crippen LogP) is 2.50. The molecule has 2 fully saturated rings. The van der Waals surface area contributed by atoms with Gasteiger partial charge in [0.15, 0.2) is 5.82 Å². The molecule has 0 bridgehead atoms. The Bertz CT molecular complexity index is 510. The lowest BCUT2D eigenvalue weighted by atomic mass is 10.1. The molecule has 22 heavy (non-hydrogen) atoms. The summed E-state index contributed by atoms with van der Waals surface area (Å²) in [5.41, 5.74) is 0. The van der Waals surface area contributed by atoms with Crippen LogP contribution in [0.25, 0.3) is 0 Å². The Morgan fingerprint density at radius 2 is 2.23 bits per heavy atom. The molecule has 1 aromatic rings. The quantitative estimate of drug-likeness (QED) is 0.807. The maximum atomic E-state index is 12.1. The van der Waals surface area contributed by atoms with Gasteiger partial charge in [0.05, 0.1) is 6.10 Å². The summed E-state index contributed by atoms with van der Waals surface area (Å²) < 4.78 is 11.1. The van der Waals surface area contributed by atoms with Crippen molar-refractivity contribution in [2.45, 2.75) is 64.6 Å². The molecule has 1 aliphatic heterocycles. The second-order valence-electron chi connectivity index (χ2n) is 6.83. The van der Waals surface area contributed by atoms with Gasteiger partial charge in [0, 0.05) is 25.4 Å². The van der Waals surface area contributed by atoms with E-state index in [0.717, 1.165) is 38.1 Å². The number of aromatic nitrogens is 2. The zero-order valence-electron chi connectivity index (χ0n) is 13.5. The molecular weight excluding hydrogens is 282 g/mol. The highest BCUT2D eigenvalue weighted by atomic mass is 16.5. The van der Waals surface area contributed by atoms with Crippen molar-refractivity contribution in [3.05, 3.63) is 11.7 Å². The molecule has 1 aromatic heterocycles. The minimum Gasteiger partial charge on any atom is -0.367 e. The lowest BCUT2D eigenvalue weighted by Gasteiger charge is -2.32. The number of piperidine rings is 1. The first-order valence-corrected chi connectivity index (χ1v) is 8.33. The van der Waals surface area contributed by atoms with Crippen LogP contribution in [0.3, 0.4) is 0 Å². The molecule has 6 heteroatoms. The first-order chi connectivity index (χ1) is 10.6. The highest BCUT2D eigenvalue weighted by molar-refractivity contribution is 5.76. The largest absolute Gasteiger partial charge is 0.367 e. The fourth-order valence-electron chi connectivity index (χ4n) is 2.80. The zero-order valence-corrected chi connectivity index (χ0v) is 13.5. The van der Waals surface area contributed by atoms with E-state index in [-0.39, 0.29) is 12.0 Å². The predicted molar refractivity (Wildman–Crippen MR) is 80.1 cm³/mol. The summed E-state index contributed by atoms with van der Waals surface area (Å²) in [6, 6.07) is 0. The highest BCUT2D eigenvalue weighted by Gasteiger charge is 2.29. The number of amides is 1. The van der Waals surface area contributed by atoms with Gasteiger partial charge < -0.3 is 14.2 Å². The Hall–Kier alpha value is -1.43. The number of nitrogens with zero attached hydrogens (tertiary/aromatic N) is 3. The van der Waals surface area contributed by atoms with Crippen molar-refractivity contribution < 1.29 is 14.1 Å². The molecule has 1 unspecified atom stereocenters. The number of carbonyl (C=O) groups is 1. The van der Waals surface area contributed by atoms with Gasteiger partial charge >= 0.3 is 0 Å². The molecule has 2 aliphatic rings. The molecule has 0 N–H and O–H groups in total. The van der Waals surface area contributed by atoms with Gasteiger partial charge in [-0.1, -0.05) is 19.0 Å². The van der Waals surface area contributed by atoms with Crippen molar-refractivity contribution in [2.24, 2.45) is 5.92 Å². The molecule has 2 heterocycles. The fraction of sp³-hybridized carbons (Fsp3) is 0.812. The zero-order chi connectivity index (χ0) is 15.5. The van der Waals surface area contributed by atoms with E-state index >= 15 is 0 Å². The molecule has 1 atom stereocenters. The standard InChI is InChI=1S/C16H25N3O3/c1-11(2)8-15(20)19-7-3-4-13(9-19)21-10-14-17-16(18-22-14)12-5-6-12/h11-13H,3-10H2,1-2H3. The molecule has 1 aliphatic carbocycles. The van der Waals surface area contributed by atoms with E-state index in [2.05, 4.69) is 24.0 Å². The van der Waals surface area contributed by atoms with E-state index in [1.54, 1.807) is 0 Å². The molecular formula is C16H25N3O3. The lowest BCUT2D eigenvalue weighted by Crippen LogP contribution is -2.43. The average molecular weight is 307 g/mol. The summed E-state index contributed by atoms with van der Waals surface area (Å²) in [4.78, 5) is 18.4. The fourth-order valence-corrected chi connectivity index (χ4v) is 2.80. The Morgan fingerprint density at radius 1 is 1.41 bits per heavy atom. The lowest BCUT2D eigenvalue weighted by molar-refractivity contribution is -0.136. The molecule has 1 amide bonds. The summed E-state index contributed by atoms with van der Waals surface area (Å²) in [7, 11) is 0. The normalized spacial score (nSPS) is 22.3. The van der Waals surface area contributed by atoms with Crippen molar-refractivity contribution in [3.8, 4) is 0 Å². The second-order valence-corrected chi connectivity index (χ2v) is 6.83. The van der Waals surface area contributed by atoms with Gasteiger partial charge in [-0.15, -0.1) is 0 Å². The second kappa shape index (κ2) is 6.77. The van der Waals surface area contributed by atoms with Crippen LogP contribution in [0.15, 0.2) is 4.52 Å². The van der Waals surface area contributed by atoms with Gasteiger partial charge in [0.2, 0.25) is 5.91 Å². The molecule has 6 nitrogen and oxygen atoms in total. The smallest absolute Gasteiger partial charge is 0.252 e. The number of hydrogen-bond acceptors (Lipinski definition) is 5. The van der Waals surface area contributed by atoms with Crippen molar-refractivity contribution in [1.82, 2.24) is 15.0 Å². The third-order valence-corrected chi connectivity index (χ3v) is 4.18. The van der Waals surface area contributed by atoms with Gasteiger partial charge in [-0.05, 0) is 31.6 Å². The van der Waals surface area contributed by atoms with Crippen molar-refractivity contribution >= 4 is 5.91 Å². The van der Waals surface area contributed by atoms with Crippen molar-refractivity contribution in [2.75, 3.05) is 13.1 Å². The summed E-state index contributed by atoms with van der Waals surface area (Å²) in [5.74, 6) is 2.49. The molecule has 1 saturated heterocycles. The van der Waals surface area contributed by atoms with Crippen LogP contribution in [0.4, 0.5) is 0 Å². The van der Waals surface area contributed by atoms with Crippen molar-refractivity contribution in [3.63, 3.8) is 0 Å². The van der Waals surface area contributed by atoms with Gasteiger partial charge in [-0.25, -0.2) is 0 Å². The number of ether oxygens (including phenoxy) is 1. The van der Waals surface area contributed by atoms with Crippen LogP contribution in [-0.2, 0) is 16.1 Å². The third kappa shape index (κ3) is 4.06. The SMILES string of the molecule is CC(C)CC(=O)N1CCCC(OCc2nc(C3CC3)no2)C1. The number of rotatable bonds is 6. The van der Waals surface area contributed by atoms with Crippen LogP contribution in [-0.4, -0.2) is 40.1 Å². The first-order valence-electron chi connectivity index (χ1n) is 8.33. The van der Waals surface area contributed by atoms with Gasteiger partial charge in [0.25, 0.3) is 5.89 Å². The minimum atomic E-state index is 0.0705. The van der Waals surface area contributed by atoms with E-state index in [9.17, 15) is 4.79 Å². The van der Waals surface area contributed by atoms with Gasteiger partial charge in [0.1, 0.15) is 6.61 Å². The van der Waals surface area contributed by atoms with E-state index in [0.29, 0.717) is 37.3 Å². The third-order valence-electron chi connectivity index (χ3n) is 4.18. The van der Waals surface area contributed by atoms with E-state index in [1.807, 2.05) is 4.90 Å². The minimum absolute atomic E-state index is 0.0705. The summed E-state index contributed by atoms with van der Waals surface area (Å²) >= 11 is 0. The Morgan fingerprint density at radius 3 is 2.95 bits per heavy atom. The molecule has 0 aromatic carbocycles. The molecule has 3 rings (SSSR count). The Labute approximate surface area is 131 Å². The summed E-state index contributed by atoms with van der Waals surface area (Å²) in [6.07, 6.45) is 4.98. The highest BCUT2D eigenvalue weighted by Crippen LogP contribution is 2.38. The number of carbonyl (C=O) groups excluding carboxylic acids is 1. The maximum absolute atomic E-state index is 12.1. The Kier molecular flexibility index (Phi) is 4.76. The Balaban J connectivity index is 1.46. The molecule has 1 saturated carbocycles. The van der Waals surface area contributed by atoms with Crippen LogP contribution < -0.4 is 0 Å². The van der Waals surface area contributed by atoms with E-state index in [1.165, 1.54) is 0 Å². The van der Waals surface area contributed by atoms with Crippen LogP contribution in [0.5, 0.6) is 0 Å². The summed E-state index contributed by atoms with van der Waals surface area (Å²) in [5, 5.41) is 3.99. The van der Waals surface area contributed by atoms with Crippen LogP contribution >= 0.6 is 0 Å². The first kappa shape index (κ1) is 15.5. The average Bonchev–Trinajstić information content (AvgIpc) is 3.24. The van der Waals surface area contributed by atoms with Gasteiger partial charge in [-0.3, -0.25) is 4.79 Å². The molecule has 0 radical (unpaired) electrons. The van der Waals surface area contributed by atoms with Crippen LogP contribution in [0.2, 0.25) is 0 Å². The van der Waals surface area contributed by atoms with Crippen LogP contribution in [0.1, 0.15) is 63.6 Å². The van der Waals surface area contributed by atoms with E-state index < -0.39 is 0 Å². The number of likely N-dealkylation sites (tertiary alicyclic amines) is 1. The molecule has 122 valence electrons. The number of hydrogen-bond donors (Lipinski definition) is 0. The monoisotopic (exact) mass is 307 g/mol. The van der Waals surface area contributed by atoms with E-state index in [4.69, 9.17) is 9.26 Å². The van der Waals surface area contributed by atoms with Gasteiger partial charge in [-0.2, -0.15) is 4.98 Å². The maximum Gasteiger partial charge on any atom is 0.252 e.